The predicted octanol–water partition coefficient (Wildman–Crippen LogP) is 1.44. The summed E-state index contributed by atoms with van der Waals surface area (Å²) in [5.74, 6) is -0.432. The average molecular weight is 326 g/mol. The van der Waals surface area contributed by atoms with Gasteiger partial charge in [-0.1, -0.05) is 0 Å². The van der Waals surface area contributed by atoms with Crippen molar-refractivity contribution in [3.63, 3.8) is 0 Å². The van der Waals surface area contributed by atoms with Crippen LogP contribution in [0.5, 0.6) is 5.75 Å². The van der Waals surface area contributed by atoms with Crippen LogP contribution in [-0.4, -0.2) is 29.7 Å². The maximum Gasteiger partial charge on any atom is 0.357 e. The molecule has 2 heterocycles. The van der Waals surface area contributed by atoms with E-state index in [9.17, 15) is 9.59 Å². The Morgan fingerprint density at radius 1 is 1.50 bits per heavy atom. The SMILES string of the molecule is COC(=O)c1c(N)c(C#N)cn1-c1ccc2c(c1)OC(C)C(=O)N2. The molecule has 3 N–H and O–H groups in total. The lowest BCUT2D eigenvalue weighted by molar-refractivity contribution is -0.122. The lowest BCUT2D eigenvalue weighted by Gasteiger charge is -2.24. The molecule has 0 radical (unpaired) electrons. The van der Waals surface area contributed by atoms with Gasteiger partial charge in [-0.05, 0) is 19.1 Å². The van der Waals surface area contributed by atoms with Gasteiger partial charge in [-0.2, -0.15) is 5.26 Å². The minimum atomic E-state index is -0.658. The molecule has 24 heavy (non-hydrogen) atoms. The van der Waals surface area contributed by atoms with Gasteiger partial charge in [0.15, 0.2) is 11.8 Å². The number of anilines is 2. The number of ether oxygens (including phenoxy) is 2. The molecule has 8 nitrogen and oxygen atoms in total. The zero-order valence-electron chi connectivity index (χ0n) is 13.0. The number of rotatable bonds is 2. The lowest BCUT2D eigenvalue weighted by atomic mass is 10.2. The lowest BCUT2D eigenvalue weighted by Crippen LogP contribution is -2.34. The molecule has 8 heteroatoms. The van der Waals surface area contributed by atoms with Crippen LogP contribution in [0.15, 0.2) is 24.4 Å². The number of carbonyl (C=O) groups is 2. The van der Waals surface area contributed by atoms with Crippen LogP contribution < -0.4 is 15.8 Å². The molecule has 0 saturated heterocycles. The van der Waals surface area contributed by atoms with Crippen molar-refractivity contribution >= 4 is 23.3 Å². The van der Waals surface area contributed by atoms with Crippen molar-refractivity contribution in [3.05, 3.63) is 35.7 Å². The molecule has 2 aromatic rings. The molecule has 1 aromatic heterocycles. The standard InChI is InChI=1S/C16H14N4O4/c1-8-15(21)19-11-4-3-10(5-12(11)24-8)20-7-9(6-17)13(18)14(20)16(22)23-2/h3-5,7-8H,18H2,1-2H3,(H,19,21). The van der Waals surface area contributed by atoms with Gasteiger partial charge in [0.05, 0.1) is 24.0 Å². The number of fused-ring (bicyclic) bond motifs is 1. The van der Waals surface area contributed by atoms with Crippen molar-refractivity contribution in [2.75, 3.05) is 18.2 Å². The number of carbonyl (C=O) groups excluding carboxylic acids is 2. The number of amides is 1. The third-order valence-corrected chi connectivity index (χ3v) is 3.72. The zero-order valence-corrected chi connectivity index (χ0v) is 13.0. The van der Waals surface area contributed by atoms with Crippen LogP contribution in [0.2, 0.25) is 0 Å². The van der Waals surface area contributed by atoms with Gasteiger partial charge in [-0.15, -0.1) is 0 Å². The third kappa shape index (κ3) is 2.32. The molecule has 122 valence electrons. The van der Waals surface area contributed by atoms with Crippen molar-refractivity contribution in [3.8, 4) is 17.5 Å². The molecular formula is C16H14N4O4. The van der Waals surface area contributed by atoms with E-state index < -0.39 is 12.1 Å². The second-order valence-electron chi connectivity index (χ2n) is 5.21. The zero-order chi connectivity index (χ0) is 17.4. The highest BCUT2D eigenvalue weighted by Crippen LogP contribution is 2.33. The van der Waals surface area contributed by atoms with E-state index >= 15 is 0 Å². The number of nitriles is 1. The fraction of sp³-hybridized carbons (Fsp3) is 0.188. The Morgan fingerprint density at radius 2 is 2.25 bits per heavy atom. The molecule has 1 amide bonds. The summed E-state index contributed by atoms with van der Waals surface area (Å²) >= 11 is 0. The average Bonchev–Trinajstić information content (AvgIpc) is 2.91. The summed E-state index contributed by atoms with van der Waals surface area (Å²) in [7, 11) is 1.23. The Labute approximate surface area is 137 Å². The van der Waals surface area contributed by atoms with Gasteiger partial charge in [0, 0.05) is 18.0 Å². The van der Waals surface area contributed by atoms with Crippen molar-refractivity contribution < 1.29 is 19.1 Å². The van der Waals surface area contributed by atoms with Crippen LogP contribution in [0.1, 0.15) is 23.0 Å². The number of nitrogens with zero attached hydrogens (tertiary/aromatic N) is 2. The number of nitrogen functional groups attached to an aromatic ring is 1. The van der Waals surface area contributed by atoms with E-state index in [0.717, 1.165) is 0 Å². The first-order valence-electron chi connectivity index (χ1n) is 7.07. The number of hydrogen-bond acceptors (Lipinski definition) is 6. The quantitative estimate of drug-likeness (QED) is 0.806. The Morgan fingerprint density at radius 3 is 2.92 bits per heavy atom. The van der Waals surface area contributed by atoms with E-state index in [2.05, 4.69) is 5.32 Å². The minimum Gasteiger partial charge on any atom is -0.479 e. The molecular weight excluding hydrogens is 312 g/mol. The van der Waals surface area contributed by atoms with Crippen LogP contribution >= 0.6 is 0 Å². The van der Waals surface area contributed by atoms with Crippen LogP contribution in [-0.2, 0) is 9.53 Å². The highest BCUT2D eigenvalue weighted by atomic mass is 16.5. The third-order valence-electron chi connectivity index (χ3n) is 3.72. The minimum absolute atomic E-state index is 0.0460. The highest BCUT2D eigenvalue weighted by Gasteiger charge is 2.26. The van der Waals surface area contributed by atoms with Gasteiger partial charge in [0.1, 0.15) is 11.8 Å². The Kier molecular flexibility index (Phi) is 3.62. The van der Waals surface area contributed by atoms with Gasteiger partial charge >= 0.3 is 5.97 Å². The monoisotopic (exact) mass is 326 g/mol. The normalized spacial score (nSPS) is 15.7. The van der Waals surface area contributed by atoms with Gasteiger partial charge in [-0.3, -0.25) is 4.79 Å². The first-order valence-corrected chi connectivity index (χ1v) is 7.07. The van der Waals surface area contributed by atoms with Crippen LogP contribution in [0.4, 0.5) is 11.4 Å². The van der Waals surface area contributed by atoms with E-state index in [1.165, 1.54) is 17.9 Å². The summed E-state index contributed by atoms with van der Waals surface area (Å²) < 4.78 is 11.8. The van der Waals surface area contributed by atoms with E-state index in [4.69, 9.17) is 20.5 Å². The van der Waals surface area contributed by atoms with Gasteiger partial charge in [0.2, 0.25) is 0 Å². The number of esters is 1. The molecule has 1 aromatic carbocycles. The van der Waals surface area contributed by atoms with Crippen LogP contribution in [0, 0.1) is 11.3 Å². The molecule has 0 saturated carbocycles. The molecule has 1 unspecified atom stereocenters. The van der Waals surface area contributed by atoms with E-state index in [0.29, 0.717) is 17.1 Å². The van der Waals surface area contributed by atoms with Crippen LogP contribution in [0.3, 0.4) is 0 Å². The van der Waals surface area contributed by atoms with Crippen LogP contribution in [0.25, 0.3) is 5.69 Å². The molecule has 0 fully saturated rings. The molecule has 1 aliphatic heterocycles. The first-order chi connectivity index (χ1) is 11.5. The fourth-order valence-electron chi connectivity index (χ4n) is 2.46. The Bertz CT molecular complexity index is 894. The first kappa shape index (κ1) is 15.4. The maximum atomic E-state index is 12.0. The van der Waals surface area contributed by atoms with Crippen molar-refractivity contribution in [2.24, 2.45) is 0 Å². The molecule has 0 spiro atoms. The molecule has 3 rings (SSSR count). The Hall–Kier alpha value is -3.47. The number of nitrogens with two attached hydrogens (primary N) is 1. The van der Waals surface area contributed by atoms with E-state index in [1.807, 2.05) is 6.07 Å². The largest absolute Gasteiger partial charge is 0.479 e. The van der Waals surface area contributed by atoms with Gasteiger partial charge < -0.3 is 25.1 Å². The van der Waals surface area contributed by atoms with Crippen molar-refractivity contribution in [1.82, 2.24) is 4.57 Å². The van der Waals surface area contributed by atoms with Crippen molar-refractivity contribution in [1.29, 1.82) is 5.26 Å². The smallest absolute Gasteiger partial charge is 0.357 e. The molecule has 0 bridgehead atoms. The number of nitrogens with one attached hydrogen (secondary N) is 1. The summed E-state index contributed by atoms with van der Waals surface area (Å²) in [4.78, 5) is 23.6. The Balaban J connectivity index is 2.14. The number of hydrogen-bond donors (Lipinski definition) is 2. The summed E-state index contributed by atoms with van der Waals surface area (Å²) in [6, 6.07) is 6.91. The summed E-state index contributed by atoms with van der Waals surface area (Å²) in [5.41, 5.74) is 7.22. The second kappa shape index (κ2) is 5.62. The van der Waals surface area contributed by atoms with Gasteiger partial charge in [-0.25, -0.2) is 4.79 Å². The maximum absolute atomic E-state index is 12.0. The number of benzene rings is 1. The molecule has 1 atom stereocenters. The van der Waals surface area contributed by atoms with Crippen molar-refractivity contribution in [2.45, 2.75) is 13.0 Å². The fourth-order valence-corrected chi connectivity index (χ4v) is 2.46. The molecule has 1 aliphatic rings. The number of methoxy groups -OCH3 is 1. The second-order valence-corrected chi connectivity index (χ2v) is 5.21. The van der Waals surface area contributed by atoms with E-state index in [1.54, 1.807) is 25.1 Å². The predicted molar refractivity (Wildman–Crippen MR) is 85.0 cm³/mol. The summed E-state index contributed by atoms with van der Waals surface area (Å²) in [5, 5.41) is 11.9. The van der Waals surface area contributed by atoms with Gasteiger partial charge in [0.25, 0.3) is 5.91 Å². The summed E-state index contributed by atoms with van der Waals surface area (Å²) in [6.07, 6.45) is 0.825. The molecule has 0 aliphatic carbocycles. The summed E-state index contributed by atoms with van der Waals surface area (Å²) in [6.45, 7) is 1.63. The highest BCUT2D eigenvalue weighted by molar-refractivity contribution is 5.98. The number of aromatic nitrogens is 1. The van der Waals surface area contributed by atoms with E-state index in [-0.39, 0.29) is 22.9 Å². The topological polar surface area (TPSA) is 119 Å².